The molecule has 35 heavy (non-hydrogen) atoms. The molecule has 0 bridgehead atoms. The van der Waals surface area contributed by atoms with E-state index >= 15 is 0 Å². The summed E-state index contributed by atoms with van der Waals surface area (Å²) in [5.41, 5.74) is 6.93. The summed E-state index contributed by atoms with van der Waals surface area (Å²) < 4.78 is 0. The molecule has 4 aromatic rings. The largest absolute Gasteiger partial charge is 0.388 e. The highest BCUT2D eigenvalue weighted by atomic mass is 16.2. The average Bonchev–Trinajstić information content (AvgIpc) is 3.53. The van der Waals surface area contributed by atoms with Gasteiger partial charge in [-0.15, -0.1) is 0 Å². The Hall–Kier alpha value is -3.87. The van der Waals surface area contributed by atoms with E-state index in [2.05, 4.69) is 57.4 Å². The number of carbonyl (C=O) groups is 1. The first-order chi connectivity index (χ1) is 17.1. The monoisotopic (exact) mass is 466 g/mol. The van der Waals surface area contributed by atoms with E-state index in [9.17, 15) is 4.79 Å². The molecule has 1 amide bonds. The van der Waals surface area contributed by atoms with Gasteiger partial charge in [-0.25, -0.2) is 9.97 Å². The van der Waals surface area contributed by atoms with Crippen LogP contribution in [0.3, 0.4) is 0 Å². The molecule has 2 fully saturated rings. The number of benzene rings is 2. The number of hydrogen-bond donors (Lipinski definition) is 2. The maximum absolute atomic E-state index is 13.2. The third-order valence-electron chi connectivity index (χ3n) is 7.36. The first-order valence-corrected chi connectivity index (χ1v) is 12.4. The second-order valence-corrected chi connectivity index (χ2v) is 9.65. The van der Waals surface area contributed by atoms with Crippen molar-refractivity contribution in [3.05, 3.63) is 71.4 Å². The molecule has 2 aliphatic heterocycles. The Labute approximate surface area is 205 Å². The minimum Gasteiger partial charge on any atom is -0.388 e. The molecule has 7 nitrogen and oxygen atoms in total. The van der Waals surface area contributed by atoms with E-state index in [0.29, 0.717) is 11.5 Å². The Morgan fingerprint density at radius 1 is 1.06 bits per heavy atom. The zero-order valence-electron chi connectivity index (χ0n) is 20.2. The second kappa shape index (κ2) is 8.73. The Bertz CT molecular complexity index is 1380. The molecule has 0 saturated carbocycles. The van der Waals surface area contributed by atoms with Crippen molar-refractivity contribution in [2.45, 2.75) is 25.7 Å². The number of H-pyrrole nitrogens is 1. The first-order valence-electron chi connectivity index (χ1n) is 12.4. The van der Waals surface area contributed by atoms with E-state index in [1.165, 1.54) is 18.4 Å². The Morgan fingerprint density at radius 2 is 1.83 bits per heavy atom. The fourth-order valence-electron chi connectivity index (χ4n) is 5.12. The van der Waals surface area contributed by atoms with Crippen LogP contribution in [0.2, 0.25) is 0 Å². The SMILES string of the molecule is CNc1ccc(C2CN(C(=O)c3ccc(C)c(-c4nc5cc(N6CCCC6)ncc5[nH]4)c3)C2)cc1. The van der Waals surface area contributed by atoms with Crippen molar-refractivity contribution < 1.29 is 4.79 Å². The molecule has 4 heterocycles. The van der Waals surface area contributed by atoms with E-state index in [4.69, 9.17) is 4.98 Å². The van der Waals surface area contributed by atoms with E-state index in [1.807, 2.05) is 36.3 Å². The number of rotatable bonds is 5. The summed E-state index contributed by atoms with van der Waals surface area (Å²) in [5.74, 6) is 2.23. The molecule has 2 aromatic carbocycles. The quantitative estimate of drug-likeness (QED) is 0.441. The average molecular weight is 467 g/mol. The van der Waals surface area contributed by atoms with Crippen LogP contribution in [0.15, 0.2) is 54.7 Å². The summed E-state index contributed by atoms with van der Waals surface area (Å²) in [7, 11) is 1.92. The Morgan fingerprint density at radius 3 is 2.57 bits per heavy atom. The van der Waals surface area contributed by atoms with Gasteiger partial charge in [0, 0.05) is 62.0 Å². The molecule has 2 N–H and O–H groups in total. The smallest absolute Gasteiger partial charge is 0.253 e. The van der Waals surface area contributed by atoms with Gasteiger partial charge in [-0.3, -0.25) is 4.79 Å². The minimum atomic E-state index is 0.0726. The number of likely N-dealkylation sites (tertiary alicyclic amines) is 1. The van der Waals surface area contributed by atoms with E-state index in [1.54, 1.807) is 0 Å². The molecule has 0 unspecified atom stereocenters. The summed E-state index contributed by atoms with van der Waals surface area (Å²) >= 11 is 0. The lowest BCUT2D eigenvalue weighted by atomic mass is 9.90. The maximum Gasteiger partial charge on any atom is 0.253 e. The van der Waals surface area contributed by atoms with Crippen LogP contribution in [0, 0.1) is 6.92 Å². The van der Waals surface area contributed by atoms with E-state index in [-0.39, 0.29) is 5.91 Å². The highest BCUT2D eigenvalue weighted by Gasteiger charge is 2.32. The molecule has 7 heteroatoms. The molecule has 0 radical (unpaired) electrons. The van der Waals surface area contributed by atoms with E-state index in [0.717, 1.165) is 65.7 Å². The topological polar surface area (TPSA) is 77.2 Å². The van der Waals surface area contributed by atoms with Crippen LogP contribution >= 0.6 is 0 Å². The highest BCUT2D eigenvalue weighted by Crippen LogP contribution is 2.31. The number of amides is 1. The zero-order valence-corrected chi connectivity index (χ0v) is 20.2. The number of imidazole rings is 1. The molecule has 2 saturated heterocycles. The molecular formula is C28H30N6O. The van der Waals surface area contributed by atoms with Crippen LogP contribution < -0.4 is 10.2 Å². The van der Waals surface area contributed by atoms with Gasteiger partial charge < -0.3 is 20.1 Å². The number of nitrogens with zero attached hydrogens (tertiary/aromatic N) is 4. The highest BCUT2D eigenvalue weighted by molar-refractivity contribution is 5.96. The van der Waals surface area contributed by atoms with Gasteiger partial charge in [0.25, 0.3) is 5.91 Å². The molecule has 6 rings (SSSR count). The van der Waals surface area contributed by atoms with Crippen molar-refractivity contribution in [1.29, 1.82) is 0 Å². The predicted octanol–water partition coefficient (Wildman–Crippen LogP) is 4.81. The number of aromatic amines is 1. The van der Waals surface area contributed by atoms with Crippen molar-refractivity contribution in [3.63, 3.8) is 0 Å². The zero-order chi connectivity index (χ0) is 23.9. The number of fused-ring (bicyclic) bond motifs is 1. The third kappa shape index (κ3) is 4.01. The summed E-state index contributed by atoms with van der Waals surface area (Å²) in [6.45, 7) is 5.65. The summed E-state index contributed by atoms with van der Waals surface area (Å²) in [4.78, 5) is 30.4. The van der Waals surface area contributed by atoms with Gasteiger partial charge in [-0.05, 0) is 55.2 Å². The van der Waals surface area contributed by atoms with Gasteiger partial charge in [0.05, 0.1) is 17.2 Å². The minimum absolute atomic E-state index is 0.0726. The van der Waals surface area contributed by atoms with Gasteiger partial charge in [0.15, 0.2) is 0 Å². The maximum atomic E-state index is 13.2. The molecule has 178 valence electrons. The van der Waals surface area contributed by atoms with Gasteiger partial charge >= 0.3 is 0 Å². The molecular weight excluding hydrogens is 436 g/mol. The second-order valence-electron chi connectivity index (χ2n) is 9.65. The van der Waals surface area contributed by atoms with Crippen molar-refractivity contribution in [2.75, 3.05) is 43.4 Å². The summed E-state index contributed by atoms with van der Waals surface area (Å²) in [6.07, 6.45) is 4.30. The lowest BCUT2D eigenvalue weighted by Crippen LogP contribution is -2.48. The first kappa shape index (κ1) is 21.6. The number of nitrogens with one attached hydrogen (secondary N) is 2. The van der Waals surface area contributed by atoms with Crippen molar-refractivity contribution in [3.8, 4) is 11.4 Å². The van der Waals surface area contributed by atoms with Gasteiger partial charge in [-0.2, -0.15) is 0 Å². The molecule has 0 spiro atoms. The molecule has 0 atom stereocenters. The van der Waals surface area contributed by atoms with Gasteiger partial charge in [0.1, 0.15) is 11.6 Å². The lowest BCUT2D eigenvalue weighted by Gasteiger charge is -2.39. The molecule has 0 aliphatic carbocycles. The van der Waals surface area contributed by atoms with Gasteiger partial charge in [-0.1, -0.05) is 18.2 Å². The summed E-state index contributed by atoms with van der Waals surface area (Å²) in [5, 5.41) is 3.15. The summed E-state index contributed by atoms with van der Waals surface area (Å²) in [6, 6.07) is 16.4. The van der Waals surface area contributed by atoms with Crippen LogP contribution in [-0.4, -0.2) is 59.0 Å². The Balaban J connectivity index is 1.21. The molecule has 2 aliphatic rings. The third-order valence-corrected chi connectivity index (χ3v) is 7.36. The van der Waals surface area contributed by atoms with Crippen molar-refractivity contribution in [1.82, 2.24) is 19.9 Å². The number of hydrogen-bond acceptors (Lipinski definition) is 5. The predicted molar refractivity (Wildman–Crippen MR) is 140 cm³/mol. The van der Waals surface area contributed by atoms with Crippen LogP contribution in [0.5, 0.6) is 0 Å². The normalized spacial score (nSPS) is 16.1. The fourth-order valence-corrected chi connectivity index (χ4v) is 5.12. The Kier molecular flexibility index (Phi) is 5.40. The van der Waals surface area contributed by atoms with E-state index < -0.39 is 0 Å². The van der Waals surface area contributed by atoms with Crippen molar-refractivity contribution >= 4 is 28.4 Å². The number of carbonyl (C=O) groups excluding carboxylic acids is 1. The number of aryl methyl sites for hydroxylation is 1. The fraction of sp³-hybridized carbons (Fsp3) is 0.321. The standard InChI is InChI=1S/C28H30N6O/c1-18-5-6-20(28(35)34-16-21(17-34)19-7-9-22(29-2)10-8-19)13-23(18)27-31-24-14-26(30-15-25(24)32-27)33-11-3-4-12-33/h5-10,13-15,21,29H,3-4,11-12,16-17H2,1-2H3,(H,31,32). The number of pyridine rings is 1. The van der Waals surface area contributed by atoms with Crippen LogP contribution in [0.4, 0.5) is 11.5 Å². The number of aromatic nitrogens is 3. The van der Waals surface area contributed by atoms with Gasteiger partial charge in [0.2, 0.25) is 0 Å². The van der Waals surface area contributed by atoms with Crippen LogP contribution in [0.25, 0.3) is 22.4 Å². The molecule has 2 aromatic heterocycles. The van der Waals surface area contributed by atoms with Crippen molar-refractivity contribution in [2.24, 2.45) is 0 Å². The van der Waals surface area contributed by atoms with Crippen LogP contribution in [-0.2, 0) is 0 Å². The van der Waals surface area contributed by atoms with Crippen LogP contribution in [0.1, 0.15) is 40.2 Å². The lowest BCUT2D eigenvalue weighted by molar-refractivity contribution is 0.0602. The number of anilines is 2.